The topological polar surface area (TPSA) is 102 Å². The van der Waals surface area contributed by atoms with Gasteiger partial charge in [0.1, 0.15) is 17.6 Å². The molecule has 3 rings (SSSR count). The molecule has 7 nitrogen and oxygen atoms in total. The molecule has 2 aromatic rings. The van der Waals surface area contributed by atoms with Crippen molar-refractivity contribution in [2.75, 3.05) is 12.4 Å². The van der Waals surface area contributed by atoms with Gasteiger partial charge in [0.05, 0.1) is 17.7 Å². The van der Waals surface area contributed by atoms with E-state index in [1.807, 2.05) is 6.92 Å². The molecule has 2 aromatic carbocycles. The van der Waals surface area contributed by atoms with Gasteiger partial charge in [-0.3, -0.25) is 0 Å². The summed E-state index contributed by atoms with van der Waals surface area (Å²) < 4.78 is 17.0. The van der Waals surface area contributed by atoms with E-state index in [1.54, 1.807) is 60.7 Å². The van der Waals surface area contributed by atoms with Gasteiger partial charge in [0.25, 0.3) is 0 Å². The van der Waals surface area contributed by atoms with E-state index < -0.39 is 48.4 Å². The smallest absolute Gasteiger partial charge is 0.338 e. The second kappa shape index (κ2) is 10.6. The summed E-state index contributed by atoms with van der Waals surface area (Å²) in [6.07, 6.45) is -4.62. The lowest BCUT2D eigenvalue weighted by Crippen LogP contribution is -2.60. The molecule has 1 aliphatic rings. The Morgan fingerprint density at radius 1 is 0.933 bits per heavy atom. The molecule has 8 heteroatoms. The minimum absolute atomic E-state index is 0.296. The Morgan fingerprint density at radius 2 is 1.43 bits per heavy atom. The van der Waals surface area contributed by atoms with E-state index in [1.165, 1.54) is 11.8 Å². The van der Waals surface area contributed by atoms with E-state index in [2.05, 4.69) is 0 Å². The molecule has 1 heterocycles. The molecule has 0 bridgehead atoms. The molecule has 0 aromatic heterocycles. The predicted molar refractivity (Wildman–Crippen MR) is 111 cm³/mol. The highest BCUT2D eigenvalue weighted by molar-refractivity contribution is 7.99. The van der Waals surface area contributed by atoms with Crippen LogP contribution in [0.15, 0.2) is 60.7 Å². The third kappa shape index (κ3) is 5.20. The molecular formula is C22H24O7S. The Bertz CT molecular complexity index is 776. The predicted octanol–water partition coefficient (Wildman–Crippen LogP) is 2.27. The number of aliphatic hydroxyl groups excluding tert-OH is 2. The zero-order valence-electron chi connectivity index (χ0n) is 16.4. The lowest BCUT2D eigenvalue weighted by Gasteiger charge is -2.42. The molecule has 0 amide bonds. The SMILES string of the molecule is CCS[C@@H]1OC(CO)[C@H](O)C(OC(=O)c2ccccc2)[C@@H]1OC(=O)c1ccccc1. The zero-order chi connectivity index (χ0) is 21.5. The Hall–Kier alpha value is -2.39. The molecule has 160 valence electrons. The van der Waals surface area contributed by atoms with E-state index in [-0.39, 0.29) is 0 Å². The Balaban J connectivity index is 1.87. The molecule has 1 fully saturated rings. The van der Waals surface area contributed by atoms with Gasteiger partial charge >= 0.3 is 11.9 Å². The van der Waals surface area contributed by atoms with Gasteiger partial charge in [-0.2, -0.15) is 0 Å². The average molecular weight is 432 g/mol. The summed E-state index contributed by atoms with van der Waals surface area (Å²) in [5.74, 6) is -0.668. The second-order valence-electron chi connectivity index (χ2n) is 6.64. The van der Waals surface area contributed by atoms with Crippen molar-refractivity contribution in [2.24, 2.45) is 0 Å². The van der Waals surface area contributed by atoms with Crippen molar-refractivity contribution in [3.05, 3.63) is 71.8 Å². The Labute approximate surface area is 179 Å². The third-order valence-corrected chi connectivity index (χ3v) is 5.68. The highest BCUT2D eigenvalue weighted by Crippen LogP contribution is 2.33. The summed E-state index contributed by atoms with van der Waals surface area (Å²) in [7, 11) is 0. The van der Waals surface area contributed by atoms with E-state index in [0.717, 1.165) is 0 Å². The minimum atomic E-state index is -1.37. The van der Waals surface area contributed by atoms with Crippen LogP contribution >= 0.6 is 11.8 Å². The van der Waals surface area contributed by atoms with Crippen molar-refractivity contribution >= 4 is 23.7 Å². The van der Waals surface area contributed by atoms with Crippen molar-refractivity contribution in [2.45, 2.75) is 36.8 Å². The van der Waals surface area contributed by atoms with Gasteiger partial charge in [-0.15, -0.1) is 11.8 Å². The summed E-state index contributed by atoms with van der Waals surface area (Å²) in [5, 5.41) is 20.3. The molecule has 0 saturated carbocycles. The van der Waals surface area contributed by atoms with Crippen molar-refractivity contribution in [3.8, 4) is 0 Å². The number of ether oxygens (including phenoxy) is 3. The molecule has 0 spiro atoms. The number of thioether (sulfide) groups is 1. The first kappa shape index (κ1) is 22.3. The van der Waals surface area contributed by atoms with Crippen LogP contribution < -0.4 is 0 Å². The van der Waals surface area contributed by atoms with Gasteiger partial charge in [-0.25, -0.2) is 9.59 Å². The van der Waals surface area contributed by atoms with Crippen molar-refractivity contribution in [3.63, 3.8) is 0 Å². The standard InChI is InChI=1S/C22H24O7S/c1-2-30-22-19(29-21(26)15-11-7-4-8-12-15)18(17(24)16(13-23)27-22)28-20(25)14-9-5-3-6-10-14/h3-12,16-19,22-24H,2,13H2,1H3/t16?,17-,18?,19-,22-/m0/s1. The Kier molecular flexibility index (Phi) is 7.87. The first-order valence-corrected chi connectivity index (χ1v) is 10.7. The lowest BCUT2D eigenvalue weighted by atomic mass is 9.99. The van der Waals surface area contributed by atoms with Crippen LogP contribution in [0.1, 0.15) is 27.6 Å². The van der Waals surface area contributed by atoms with Crippen LogP contribution in [0, 0.1) is 0 Å². The zero-order valence-corrected chi connectivity index (χ0v) is 17.2. The van der Waals surface area contributed by atoms with Crippen molar-refractivity contribution in [1.29, 1.82) is 0 Å². The number of benzene rings is 2. The number of aliphatic hydroxyl groups is 2. The van der Waals surface area contributed by atoms with Crippen molar-refractivity contribution in [1.82, 2.24) is 0 Å². The normalized spacial score (nSPS) is 26.0. The molecule has 1 aliphatic heterocycles. The number of hydrogen-bond acceptors (Lipinski definition) is 8. The molecule has 5 atom stereocenters. The Morgan fingerprint density at radius 3 is 1.90 bits per heavy atom. The number of hydrogen-bond donors (Lipinski definition) is 2. The fourth-order valence-electron chi connectivity index (χ4n) is 3.13. The summed E-state index contributed by atoms with van der Waals surface area (Å²) in [6.45, 7) is 1.43. The largest absolute Gasteiger partial charge is 0.452 e. The fraction of sp³-hybridized carbons (Fsp3) is 0.364. The van der Waals surface area contributed by atoms with Crippen LogP contribution in [0.25, 0.3) is 0 Å². The maximum absolute atomic E-state index is 12.7. The van der Waals surface area contributed by atoms with E-state index in [4.69, 9.17) is 14.2 Å². The van der Waals surface area contributed by atoms with Crippen LogP contribution in [0.3, 0.4) is 0 Å². The van der Waals surface area contributed by atoms with Gasteiger partial charge in [-0.1, -0.05) is 43.3 Å². The van der Waals surface area contributed by atoms with E-state index in [0.29, 0.717) is 16.9 Å². The molecule has 2 unspecified atom stereocenters. The van der Waals surface area contributed by atoms with Gasteiger partial charge in [0.15, 0.2) is 12.2 Å². The first-order chi connectivity index (χ1) is 14.5. The van der Waals surface area contributed by atoms with Crippen LogP contribution in [0.4, 0.5) is 0 Å². The maximum atomic E-state index is 12.7. The van der Waals surface area contributed by atoms with Crippen molar-refractivity contribution < 1.29 is 34.0 Å². The van der Waals surface area contributed by atoms with Gasteiger partial charge < -0.3 is 24.4 Å². The summed E-state index contributed by atoms with van der Waals surface area (Å²) >= 11 is 1.33. The van der Waals surface area contributed by atoms with Crippen LogP contribution in [-0.2, 0) is 14.2 Å². The van der Waals surface area contributed by atoms with E-state index >= 15 is 0 Å². The van der Waals surface area contributed by atoms with Gasteiger partial charge in [0, 0.05) is 0 Å². The molecule has 0 aliphatic carbocycles. The lowest BCUT2D eigenvalue weighted by molar-refractivity contribution is -0.206. The molecular weight excluding hydrogens is 408 g/mol. The van der Waals surface area contributed by atoms with Crippen LogP contribution in [-0.4, -0.2) is 64.4 Å². The third-order valence-electron chi connectivity index (χ3n) is 4.63. The fourth-order valence-corrected chi connectivity index (χ4v) is 4.08. The quantitative estimate of drug-likeness (QED) is 0.643. The second-order valence-corrected chi connectivity index (χ2v) is 8.02. The summed E-state index contributed by atoms with van der Waals surface area (Å²) in [4.78, 5) is 25.3. The summed E-state index contributed by atoms with van der Waals surface area (Å²) in [5.41, 5.74) is -0.106. The molecule has 2 N–H and O–H groups in total. The minimum Gasteiger partial charge on any atom is -0.452 e. The van der Waals surface area contributed by atoms with Crippen LogP contribution in [0.5, 0.6) is 0 Å². The van der Waals surface area contributed by atoms with Gasteiger partial charge in [-0.05, 0) is 30.0 Å². The highest BCUT2D eigenvalue weighted by atomic mass is 32.2. The molecule has 1 saturated heterocycles. The van der Waals surface area contributed by atoms with Gasteiger partial charge in [0.2, 0.25) is 0 Å². The number of rotatable bonds is 7. The number of carbonyl (C=O) groups is 2. The maximum Gasteiger partial charge on any atom is 0.338 e. The van der Waals surface area contributed by atoms with E-state index in [9.17, 15) is 19.8 Å². The molecule has 0 radical (unpaired) electrons. The molecule has 30 heavy (non-hydrogen) atoms. The van der Waals surface area contributed by atoms with Crippen LogP contribution in [0.2, 0.25) is 0 Å². The first-order valence-electron chi connectivity index (χ1n) is 9.63. The highest BCUT2D eigenvalue weighted by Gasteiger charge is 2.49. The average Bonchev–Trinajstić information content (AvgIpc) is 2.78. The summed E-state index contributed by atoms with van der Waals surface area (Å²) in [6, 6.07) is 16.7. The number of esters is 2. The monoisotopic (exact) mass is 432 g/mol. The number of carbonyl (C=O) groups excluding carboxylic acids is 2.